The molecule has 0 N–H and O–H groups in total. The van der Waals surface area contributed by atoms with Crippen LogP contribution in [0.4, 0.5) is 20.7 Å². The fraction of sp³-hybridized carbons (Fsp3) is 0.250. The van der Waals surface area contributed by atoms with Gasteiger partial charge in [-0.15, -0.1) is 11.3 Å². The van der Waals surface area contributed by atoms with Crippen LogP contribution in [0.3, 0.4) is 0 Å². The molecule has 1 aliphatic heterocycles. The van der Waals surface area contributed by atoms with Gasteiger partial charge in [-0.1, -0.05) is 11.6 Å². The van der Waals surface area contributed by atoms with Crippen molar-refractivity contribution in [3.8, 4) is 0 Å². The Bertz CT molecular complexity index is 723. The molecule has 0 aliphatic carbocycles. The molecule has 0 atom stereocenters. The van der Waals surface area contributed by atoms with E-state index in [0.717, 1.165) is 0 Å². The second kappa shape index (κ2) is 5.40. The van der Waals surface area contributed by atoms with E-state index in [4.69, 9.17) is 23.2 Å². The van der Waals surface area contributed by atoms with Crippen LogP contribution in [0.5, 0.6) is 0 Å². The number of anilines is 2. The Morgan fingerprint density at radius 2 is 2.24 bits per heavy atom. The Labute approximate surface area is 133 Å². The fourth-order valence-corrected chi connectivity index (χ4v) is 3.46. The lowest BCUT2D eigenvalue weighted by molar-refractivity contribution is 0.251. The van der Waals surface area contributed by atoms with E-state index in [1.54, 1.807) is 18.6 Å². The number of carbonyl (C=O) groups excluding carboxylic acids is 1. The first-order valence-electron chi connectivity index (χ1n) is 5.91. The Morgan fingerprint density at radius 3 is 2.95 bits per heavy atom. The third kappa shape index (κ3) is 2.35. The maximum Gasteiger partial charge on any atom is 0.330 e. The molecule has 0 spiro atoms. The summed E-state index contributed by atoms with van der Waals surface area (Å²) in [6.07, 6.45) is 1.55. The van der Waals surface area contributed by atoms with Crippen LogP contribution >= 0.6 is 34.5 Å². The van der Waals surface area contributed by atoms with Gasteiger partial charge in [0.15, 0.2) is 0 Å². The van der Waals surface area contributed by atoms with Crippen LogP contribution in [-0.4, -0.2) is 23.0 Å². The molecule has 1 aliphatic rings. The SMILES string of the molecule is CN1C(=O)N(c2c(CF)csc2Cl)Cc2cnc(Cl)nc21. The van der Waals surface area contributed by atoms with Crippen molar-refractivity contribution in [2.45, 2.75) is 13.2 Å². The minimum Gasteiger partial charge on any atom is -0.287 e. The lowest BCUT2D eigenvalue weighted by atomic mass is 10.2. The van der Waals surface area contributed by atoms with Crippen LogP contribution in [0.1, 0.15) is 11.1 Å². The van der Waals surface area contributed by atoms with Crippen LogP contribution in [0, 0.1) is 0 Å². The van der Waals surface area contributed by atoms with Gasteiger partial charge in [0.1, 0.15) is 16.8 Å². The molecule has 21 heavy (non-hydrogen) atoms. The zero-order chi connectivity index (χ0) is 15.1. The molecule has 0 saturated heterocycles. The number of hydrogen-bond donors (Lipinski definition) is 0. The van der Waals surface area contributed by atoms with E-state index in [1.807, 2.05) is 0 Å². The Morgan fingerprint density at radius 1 is 1.48 bits per heavy atom. The quantitative estimate of drug-likeness (QED) is 0.775. The van der Waals surface area contributed by atoms with E-state index in [2.05, 4.69) is 9.97 Å². The first-order chi connectivity index (χ1) is 10.0. The van der Waals surface area contributed by atoms with Gasteiger partial charge in [0.25, 0.3) is 0 Å². The normalized spacial score (nSPS) is 14.6. The van der Waals surface area contributed by atoms with Crippen molar-refractivity contribution in [3.63, 3.8) is 0 Å². The molecule has 2 amide bonds. The zero-order valence-corrected chi connectivity index (χ0v) is 13.1. The van der Waals surface area contributed by atoms with Gasteiger partial charge in [-0.05, 0) is 11.6 Å². The summed E-state index contributed by atoms with van der Waals surface area (Å²) in [6, 6.07) is -0.340. The molecule has 9 heteroatoms. The average molecular weight is 347 g/mol. The van der Waals surface area contributed by atoms with Crippen molar-refractivity contribution >= 4 is 52.1 Å². The summed E-state index contributed by atoms with van der Waals surface area (Å²) in [5.74, 6) is 0.449. The number of fused-ring (bicyclic) bond motifs is 1. The number of hydrogen-bond acceptors (Lipinski definition) is 4. The van der Waals surface area contributed by atoms with E-state index >= 15 is 0 Å². The second-order valence-corrected chi connectivity index (χ2v) is 6.25. The molecule has 0 unspecified atom stereocenters. The van der Waals surface area contributed by atoms with Gasteiger partial charge < -0.3 is 0 Å². The number of thiophene rings is 1. The third-order valence-electron chi connectivity index (χ3n) is 3.19. The number of rotatable bonds is 2. The number of nitrogens with zero attached hydrogens (tertiary/aromatic N) is 4. The molecule has 2 aromatic heterocycles. The molecule has 0 fully saturated rings. The molecule has 0 saturated carbocycles. The Balaban J connectivity index is 2.08. The topological polar surface area (TPSA) is 49.3 Å². The molecule has 0 bridgehead atoms. The highest BCUT2D eigenvalue weighted by atomic mass is 35.5. The molecule has 3 heterocycles. The zero-order valence-electron chi connectivity index (χ0n) is 10.8. The number of alkyl halides is 1. The number of urea groups is 1. The summed E-state index contributed by atoms with van der Waals surface area (Å²) in [5.41, 5.74) is 1.51. The first-order valence-corrected chi connectivity index (χ1v) is 7.55. The van der Waals surface area contributed by atoms with Crippen molar-refractivity contribution in [1.29, 1.82) is 0 Å². The maximum absolute atomic E-state index is 13.1. The lowest BCUT2D eigenvalue weighted by Crippen LogP contribution is -2.46. The highest BCUT2D eigenvalue weighted by Gasteiger charge is 2.33. The van der Waals surface area contributed by atoms with Crippen molar-refractivity contribution in [2.24, 2.45) is 0 Å². The molecule has 0 radical (unpaired) electrons. The van der Waals surface area contributed by atoms with Crippen LogP contribution in [-0.2, 0) is 13.2 Å². The van der Waals surface area contributed by atoms with E-state index in [0.29, 0.717) is 27.0 Å². The summed E-state index contributed by atoms with van der Waals surface area (Å²) in [6.45, 7) is -0.463. The minimum absolute atomic E-state index is 0.0693. The number of halogens is 3. The summed E-state index contributed by atoms with van der Waals surface area (Å²) >= 11 is 13.1. The second-order valence-electron chi connectivity index (χ2n) is 4.43. The predicted octanol–water partition coefficient (Wildman–Crippen LogP) is 3.89. The average Bonchev–Trinajstić information content (AvgIpc) is 2.84. The van der Waals surface area contributed by atoms with Gasteiger partial charge in [0, 0.05) is 29.8 Å². The Kier molecular flexibility index (Phi) is 3.73. The van der Waals surface area contributed by atoms with Gasteiger partial charge >= 0.3 is 6.03 Å². The molecular formula is C12H9Cl2FN4OS. The fourth-order valence-electron chi connectivity index (χ4n) is 2.20. The summed E-state index contributed by atoms with van der Waals surface area (Å²) in [7, 11) is 1.58. The largest absolute Gasteiger partial charge is 0.330 e. The van der Waals surface area contributed by atoms with Crippen LogP contribution < -0.4 is 9.80 Å². The van der Waals surface area contributed by atoms with Gasteiger partial charge in [-0.25, -0.2) is 14.2 Å². The monoisotopic (exact) mass is 346 g/mol. The van der Waals surface area contributed by atoms with Crippen LogP contribution in [0.15, 0.2) is 11.6 Å². The van der Waals surface area contributed by atoms with Crippen LogP contribution in [0.25, 0.3) is 0 Å². The molecular weight excluding hydrogens is 338 g/mol. The van der Waals surface area contributed by atoms with E-state index in [-0.39, 0.29) is 17.9 Å². The van der Waals surface area contributed by atoms with Gasteiger partial charge in [0.2, 0.25) is 5.28 Å². The molecule has 3 rings (SSSR count). The van der Waals surface area contributed by atoms with Gasteiger partial charge in [-0.2, -0.15) is 4.98 Å². The highest BCUT2D eigenvalue weighted by molar-refractivity contribution is 7.15. The predicted molar refractivity (Wildman–Crippen MR) is 81.2 cm³/mol. The van der Waals surface area contributed by atoms with Crippen molar-refractivity contribution < 1.29 is 9.18 Å². The Hall–Kier alpha value is -1.44. The summed E-state index contributed by atoms with van der Waals surface area (Å²) in [4.78, 5) is 23.2. The number of carbonyl (C=O) groups is 1. The van der Waals surface area contributed by atoms with E-state index in [1.165, 1.54) is 21.1 Å². The smallest absolute Gasteiger partial charge is 0.287 e. The van der Waals surface area contributed by atoms with Crippen molar-refractivity contribution in [3.05, 3.63) is 32.3 Å². The highest BCUT2D eigenvalue weighted by Crippen LogP contribution is 2.40. The summed E-state index contributed by atoms with van der Waals surface area (Å²) < 4.78 is 13.5. The van der Waals surface area contributed by atoms with E-state index < -0.39 is 6.67 Å². The van der Waals surface area contributed by atoms with Crippen molar-refractivity contribution in [2.75, 3.05) is 16.8 Å². The molecule has 2 aromatic rings. The van der Waals surface area contributed by atoms with Gasteiger partial charge in [0.05, 0.1) is 12.2 Å². The molecule has 0 aromatic carbocycles. The molecule has 110 valence electrons. The maximum atomic E-state index is 13.1. The number of amides is 2. The summed E-state index contributed by atoms with van der Waals surface area (Å²) in [5, 5.41) is 1.68. The number of aromatic nitrogens is 2. The minimum atomic E-state index is -0.685. The first kappa shape index (κ1) is 14.5. The molecule has 5 nitrogen and oxygen atoms in total. The van der Waals surface area contributed by atoms with Crippen LogP contribution in [0.2, 0.25) is 9.62 Å². The third-order valence-corrected chi connectivity index (χ3v) is 4.62. The van der Waals surface area contributed by atoms with E-state index in [9.17, 15) is 9.18 Å². The van der Waals surface area contributed by atoms with Gasteiger partial charge in [-0.3, -0.25) is 9.80 Å². The standard InChI is InChI=1S/C12H9Cl2FN4OS/c1-18-10-7(3-16-11(14)17-10)4-19(12(18)20)8-6(2-15)5-21-9(8)13/h3,5H,2,4H2,1H3. The lowest BCUT2D eigenvalue weighted by Gasteiger charge is -2.34. The van der Waals surface area contributed by atoms with Crippen molar-refractivity contribution in [1.82, 2.24) is 9.97 Å².